The van der Waals surface area contributed by atoms with Crippen LogP contribution in [-0.2, 0) is 0 Å². The van der Waals surface area contributed by atoms with E-state index >= 15 is 0 Å². The zero-order chi connectivity index (χ0) is 20.6. The Morgan fingerprint density at radius 2 is 1.52 bits per heavy atom. The van der Waals surface area contributed by atoms with E-state index in [1.807, 2.05) is 22.7 Å². The van der Waals surface area contributed by atoms with Gasteiger partial charge in [0.25, 0.3) is 0 Å². The summed E-state index contributed by atoms with van der Waals surface area (Å²) in [5, 5.41) is 10.1. The number of rotatable bonds is 3. The molecule has 0 saturated carbocycles. The Hall–Kier alpha value is -2.99. The molecule has 2 aliphatic heterocycles. The van der Waals surface area contributed by atoms with Gasteiger partial charge in [-0.25, -0.2) is 4.98 Å². The molecule has 0 unspecified atom stereocenters. The first kappa shape index (κ1) is 18.8. The maximum Gasteiger partial charge on any atom is 0.186 e. The molecule has 2 aromatic carbocycles. The second-order valence-corrected chi connectivity index (χ2v) is 8.81. The average molecular weight is 413 g/mol. The number of nitrogens with zero attached hydrogens (tertiary/aromatic N) is 6. The third-order valence-corrected chi connectivity index (χ3v) is 6.95. The lowest BCUT2D eigenvalue weighted by Gasteiger charge is -2.40. The van der Waals surface area contributed by atoms with Crippen molar-refractivity contribution in [3.63, 3.8) is 0 Å². The molecule has 0 amide bonds. The predicted octanol–water partition coefficient (Wildman–Crippen LogP) is 4.40. The molecule has 158 valence electrons. The van der Waals surface area contributed by atoms with E-state index in [1.165, 1.54) is 45.2 Å². The molecule has 2 aromatic heterocycles. The van der Waals surface area contributed by atoms with Crippen LogP contribution in [0.2, 0.25) is 0 Å². The molecule has 0 radical (unpaired) electrons. The van der Waals surface area contributed by atoms with Crippen molar-refractivity contribution in [1.29, 1.82) is 0 Å². The number of likely N-dealkylation sites (tertiary alicyclic amines) is 1. The maximum atomic E-state index is 5.15. The van der Waals surface area contributed by atoms with Gasteiger partial charge in [-0.2, -0.15) is 4.52 Å². The first-order valence-corrected chi connectivity index (χ1v) is 11.6. The lowest BCUT2D eigenvalue weighted by molar-refractivity contribution is 0.141. The number of hydrogen-bond donors (Lipinski definition) is 0. The Kier molecular flexibility index (Phi) is 4.80. The molecule has 0 atom stereocenters. The summed E-state index contributed by atoms with van der Waals surface area (Å²) in [6, 6.07) is 19.4. The van der Waals surface area contributed by atoms with Gasteiger partial charge in [0.2, 0.25) is 0 Å². The number of piperidine rings is 2. The van der Waals surface area contributed by atoms with Crippen LogP contribution in [-0.4, -0.2) is 56.9 Å². The Morgan fingerprint density at radius 1 is 0.774 bits per heavy atom. The van der Waals surface area contributed by atoms with E-state index in [4.69, 9.17) is 4.98 Å². The second kappa shape index (κ2) is 7.93. The molecule has 6 rings (SSSR count). The number of hydrogen-bond acceptors (Lipinski definition) is 5. The van der Waals surface area contributed by atoms with E-state index in [2.05, 4.69) is 56.5 Å². The summed E-state index contributed by atoms with van der Waals surface area (Å²) in [4.78, 5) is 10.4. The van der Waals surface area contributed by atoms with E-state index in [0.29, 0.717) is 0 Å². The fraction of sp³-hybridized carbons (Fsp3) is 0.400. The van der Waals surface area contributed by atoms with Gasteiger partial charge < -0.3 is 9.80 Å². The predicted molar refractivity (Wildman–Crippen MR) is 124 cm³/mol. The highest BCUT2D eigenvalue weighted by molar-refractivity contribution is 5.93. The molecule has 4 heterocycles. The van der Waals surface area contributed by atoms with Crippen LogP contribution in [0.15, 0.2) is 54.6 Å². The molecular weight excluding hydrogens is 384 g/mol. The first-order valence-electron chi connectivity index (χ1n) is 11.6. The van der Waals surface area contributed by atoms with Crippen molar-refractivity contribution in [2.24, 2.45) is 0 Å². The summed E-state index contributed by atoms with van der Waals surface area (Å²) in [6.45, 7) is 4.66. The standard InChI is InChI=1S/C25H28N6/c1-3-9-19(10-4-1)23-25-26-24(21-11-5-6-12-22(21)31(25)28-27-23)30-17-13-20(14-18-30)29-15-7-2-8-16-29/h1,3-6,9-12,20H,2,7-8,13-18H2. The SMILES string of the molecule is c1ccc(-c2nnn3c2nc(N2CCC(N4CCCCC4)CC2)c2ccccc23)cc1. The minimum Gasteiger partial charge on any atom is -0.356 e. The molecule has 2 aliphatic rings. The van der Waals surface area contributed by atoms with Crippen molar-refractivity contribution in [3.05, 3.63) is 54.6 Å². The van der Waals surface area contributed by atoms with Crippen molar-refractivity contribution in [3.8, 4) is 11.3 Å². The Balaban J connectivity index is 1.38. The molecule has 6 heteroatoms. The normalized spacial score (nSPS) is 18.8. The highest BCUT2D eigenvalue weighted by Gasteiger charge is 2.27. The van der Waals surface area contributed by atoms with Gasteiger partial charge in [-0.1, -0.05) is 54.1 Å². The highest BCUT2D eigenvalue weighted by Crippen LogP contribution is 2.32. The molecular formula is C25H28N6. The Labute approximate surface area is 182 Å². The zero-order valence-corrected chi connectivity index (χ0v) is 17.8. The van der Waals surface area contributed by atoms with E-state index in [9.17, 15) is 0 Å². The van der Waals surface area contributed by atoms with Gasteiger partial charge in [-0.3, -0.25) is 0 Å². The largest absolute Gasteiger partial charge is 0.356 e. The monoisotopic (exact) mass is 412 g/mol. The number of para-hydroxylation sites is 1. The van der Waals surface area contributed by atoms with Crippen LogP contribution in [0.5, 0.6) is 0 Å². The van der Waals surface area contributed by atoms with Gasteiger partial charge in [0.05, 0.1) is 5.52 Å². The number of anilines is 1. The third kappa shape index (κ3) is 3.35. The molecule has 0 bridgehead atoms. The van der Waals surface area contributed by atoms with Gasteiger partial charge >= 0.3 is 0 Å². The summed E-state index contributed by atoms with van der Waals surface area (Å²) < 4.78 is 1.89. The molecule has 0 N–H and O–H groups in total. The summed E-state index contributed by atoms with van der Waals surface area (Å²) in [5.74, 6) is 1.07. The quantitative estimate of drug-likeness (QED) is 0.499. The summed E-state index contributed by atoms with van der Waals surface area (Å²) >= 11 is 0. The van der Waals surface area contributed by atoms with Crippen molar-refractivity contribution < 1.29 is 0 Å². The highest BCUT2D eigenvalue weighted by atomic mass is 15.4. The van der Waals surface area contributed by atoms with Crippen LogP contribution >= 0.6 is 0 Å². The van der Waals surface area contributed by atoms with Gasteiger partial charge in [0, 0.05) is 30.1 Å². The molecule has 6 nitrogen and oxygen atoms in total. The van der Waals surface area contributed by atoms with Crippen molar-refractivity contribution >= 4 is 22.4 Å². The van der Waals surface area contributed by atoms with Crippen LogP contribution in [0.1, 0.15) is 32.1 Å². The van der Waals surface area contributed by atoms with E-state index < -0.39 is 0 Å². The maximum absolute atomic E-state index is 5.15. The third-order valence-electron chi connectivity index (χ3n) is 6.95. The van der Waals surface area contributed by atoms with E-state index in [0.717, 1.165) is 52.8 Å². The van der Waals surface area contributed by atoms with Gasteiger partial charge in [-0.05, 0) is 50.9 Å². The van der Waals surface area contributed by atoms with Crippen LogP contribution < -0.4 is 4.90 Å². The van der Waals surface area contributed by atoms with Crippen molar-refractivity contribution in [2.75, 3.05) is 31.1 Å². The second-order valence-electron chi connectivity index (χ2n) is 8.81. The molecule has 4 aromatic rings. The topological polar surface area (TPSA) is 49.6 Å². The fourth-order valence-corrected chi connectivity index (χ4v) is 5.30. The van der Waals surface area contributed by atoms with E-state index in [-0.39, 0.29) is 0 Å². The number of fused-ring (bicyclic) bond motifs is 3. The van der Waals surface area contributed by atoms with Crippen LogP contribution in [0.3, 0.4) is 0 Å². The summed E-state index contributed by atoms with van der Waals surface area (Å²) in [6.07, 6.45) is 6.54. The summed E-state index contributed by atoms with van der Waals surface area (Å²) in [5.41, 5.74) is 3.79. The number of aromatic nitrogens is 4. The molecule has 2 saturated heterocycles. The fourth-order valence-electron chi connectivity index (χ4n) is 5.30. The zero-order valence-electron chi connectivity index (χ0n) is 17.8. The van der Waals surface area contributed by atoms with Gasteiger partial charge in [0.1, 0.15) is 11.5 Å². The van der Waals surface area contributed by atoms with Gasteiger partial charge in [-0.15, -0.1) is 5.10 Å². The van der Waals surface area contributed by atoms with Crippen LogP contribution in [0, 0.1) is 0 Å². The smallest absolute Gasteiger partial charge is 0.186 e. The molecule has 0 spiro atoms. The van der Waals surface area contributed by atoms with Crippen molar-refractivity contribution in [2.45, 2.75) is 38.1 Å². The van der Waals surface area contributed by atoms with Crippen LogP contribution in [0.25, 0.3) is 27.8 Å². The van der Waals surface area contributed by atoms with E-state index in [1.54, 1.807) is 0 Å². The average Bonchev–Trinajstić information content (AvgIpc) is 3.29. The molecule has 31 heavy (non-hydrogen) atoms. The van der Waals surface area contributed by atoms with Crippen LogP contribution in [0.4, 0.5) is 5.82 Å². The minimum absolute atomic E-state index is 0.725. The minimum atomic E-state index is 0.725. The Morgan fingerprint density at radius 3 is 2.32 bits per heavy atom. The lowest BCUT2D eigenvalue weighted by Crippen LogP contribution is -2.47. The molecule has 0 aliphatic carbocycles. The van der Waals surface area contributed by atoms with Gasteiger partial charge in [0.15, 0.2) is 5.65 Å². The Bertz CT molecular complexity index is 1190. The number of benzene rings is 2. The van der Waals surface area contributed by atoms with Crippen molar-refractivity contribution in [1.82, 2.24) is 24.7 Å². The summed E-state index contributed by atoms with van der Waals surface area (Å²) in [7, 11) is 0. The first-order chi connectivity index (χ1) is 15.4. The molecule has 2 fully saturated rings. The lowest BCUT2D eigenvalue weighted by atomic mass is 9.99.